The Labute approximate surface area is 171 Å². The van der Waals surface area contributed by atoms with E-state index in [9.17, 15) is 14.0 Å². The fourth-order valence-electron chi connectivity index (χ4n) is 2.77. The number of hydrogen-bond donors (Lipinski definition) is 2. The van der Waals surface area contributed by atoms with Crippen LogP contribution in [-0.2, 0) is 0 Å². The molecular weight excluding hydrogens is 389 g/mol. The molecule has 0 radical (unpaired) electrons. The Bertz CT molecular complexity index is 1130. The first-order valence-electron chi connectivity index (χ1n) is 8.98. The molecule has 0 fully saturated rings. The number of hydrazone groups is 1. The maximum Gasteiger partial charge on any atom is 0.271 e. The summed E-state index contributed by atoms with van der Waals surface area (Å²) in [5.74, 6) is 0.00958. The van der Waals surface area contributed by atoms with Gasteiger partial charge in [0.05, 0.1) is 6.21 Å². The van der Waals surface area contributed by atoms with E-state index >= 15 is 0 Å². The van der Waals surface area contributed by atoms with Crippen molar-refractivity contribution in [3.63, 3.8) is 0 Å². The Morgan fingerprint density at radius 1 is 0.900 bits per heavy atom. The summed E-state index contributed by atoms with van der Waals surface area (Å²) in [4.78, 5) is 24.6. The van der Waals surface area contributed by atoms with Crippen molar-refractivity contribution in [3.8, 4) is 11.5 Å². The molecule has 4 rings (SSSR count). The molecule has 30 heavy (non-hydrogen) atoms. The van der Waals surface area contributed by atoms with Crippen LogP contribution in [0.15, 0.2) is 71.8 Å². The second-order valence-electron chi connectivity index (χ2n) is 6.35. The highest BCUT2D eigenvalue weighted by atomic mass is 19.1. The van der Waals surface area contributed by atoms with Crippen LogP contribution in [0.3, 0.4) is 0 Å². The number of nitrogens with zero attached hydrogens (tertiary/aromatic N) is 1. The number of fused-ring (bicyclic) bond motifs is 1. The highest BCUT2D eigenvalue weighted by Crippen LogP contribution is 2.31. The number of halogens is 1. The normalized spacial score (nSPS) is 12.0. The third-order valence-electron chi connectivity index (χ3n) is 4.27. The van der Waals surface area contributed by atoms with Crippen LogP contribution in [0.25, 0.3) is 0 Å². The highest BCUT2D eigenvalue weighted by Gasteiger charge is 2.13. The van der Waals surface area contributed by atoms with Gasteiger partial charge in [0.25, 0.3) is 11.8 Å². The van der Waals surface area contributed by atoms with Crippen molar-refractivity contribution in [1.82, 2.24) is 5.43 Å². The average Bonchev–Trinajstić information content (AvgIpc) is 3.22. The molecule has 0 atom stereocenters. The second-order valence-corrected chi connectivity index (χ2v) is 6.35. The summed E-state index contributed by atoms with van der Waals surface area (Å²) in [5, 5.41) is 6.62. The Kier molecular flexibility index (Phi) is 5.38. The average molecular weight is 405 g/mol. The highest BCUT2D eigenvalue weighted by molar-refractivity contribution is 6.05. The van der Waals surface area contributed by atoms with E-state index in [4.69, 9.17) is 9.47 Å². The van der Waals surface area contributed by atoms with Gasteiger partial charge in [0, 0.05) is 16.8 Å². The predicted octanol–water partition coefficient (Wildman–Crippen LogP) is 3.57. The topological polar surface area (TPSA) is 89.0 Å². The summed E-state index contributed by atoms with van der Waals surface area (Å²) in [6, 6.07) is 16.9. The summed E-state index contributed by atoms with van der Waals surface area (Å²) in [5.41, 5.74) is 4.22. The number of amides is 2. The van der Waals surface area contributed by atoms with Crippen LogP contribution in [0.4, 0.5) is 10.1 Å². The molecule has 0 spiro atoms. The van der Waals surface area contributed by atoms with Crippen molar-refractivity contribution < 1.29 is 23.5 Å². The van der Waals surface area contributed by atoms with Gasteiger partial charge in [-0.2, -0.15) is 5.10 Å². The van der Waals surface area contributed by atoms with Gasteiger partial charge in [0.15, 0.2) is 11.5 Å². The maximum absolute atomic E-state index is 13.0. The van der Waals surface area contributed by atoms with Crippen molar-refractivity contribution in [3.05, 3.63) is 89.2 Å². The first-order valence-corrected chi connectivity index (χ1v) is 8.98. The van der Waals surface area contributed by atoms with E-state index in [1.807, 2.05) is 0 Å². The molecule has 0 unspecified atom stereocenters. The number of rotatable bonds is 5. The van der Waals surface area contributed by atoms with Crippen LogP contribution in [0.1, 0.15) is 26.3 Å². The number of hydrogen-bond acceptors (Lipinski definition) is 5. The molecule has 0 saturated heterocycles. The molecule has 150 valence electrons. The van der Waals surface area contributed by atoms with Gasteiger partial charge in [-0.15, -0.1) is 0 Å². The molecule has 1 heterocycles. The Balaban J connectivity index is 1.38. The number of benzene rings is 3. The van der Waals surface area contributed by atoms with Gasteiger partial charge in [0.2, 0.25) is 6.79 Å². The number of carbonyl (C=O) groups excluding carboxylic acids is 2. The van der Waals surface area contributed by atoms with Gasteiger partial charge in [0.1, 0.15) is 5.82 Å². The van der Waals surface area contributed by atoms with E-state index in [0.29, 0.717) is 28.3 Å². The summed E-state index contributed by atoms with van der Waals surface area (Å²) in [6.45, 7) is 0.181. The quantitative estimate of drug-likeness (QED) is 0.502. The van der Waals surface area contributed by atoms with Crippen LogP contribution in [0.2, 0.25) is 0 Å². The zero-order chi connectivity index (χ0) is 20.9. The molecular formula is C22H16FN3O4. The molecule has 2 N–H and O–H groups in total. The largest absolute Gasteiger partial charge is 0.454 e. The molecule has 1 aliphatic rings. The SMILES string of the molecule is O=C(N/N=C/c1ccc2c(c1)OCO2)c1cccc(NC(=O)c2ccc(F)cc2)c1. The fraction of sp³-hybridized carbons (Fsp3) is 0.0455. The van der Waals surface area contributed by atoms with Crippen LogP contribution in [0.5, 0.6) is 11.5 Å². The number of carbonyl (C=O) groups is 2. The molecule has 1 aliphatic heterocycles. The Morgan fingerprint density at radius 3 is 2.53 bits per heavy atom. The predicted molar refractivity (Wildman–Crippen MR) is 108 cm³/mol. The van der Waals surface area contributed by atoms with E-state index in [1.54, 1.807) is 36.4 Å². The lowest BCUT2D eigenvalue weighted by atomic mass is 10.1. The van der Waals surface area contributed by atoms with Crippen LogP contribution >= 0.6 is 0 Å². The van der Waals surface area contributed by atoms with Crippen molar-refractivity contribution in [1.29, 1.82) is 0 Å². The van der Waals surface area contributed by atoms with Crippen molar-refractivity contribution in [2.75, 3.05) is 12.1 Å². The number of nitrogens with one attached hydrogen (secondary N) is 2. The van der Waals surface area contributed by atoms with E-state index < -0.39 is 17.6 Å². The monoisotopic (exact) mass is 405 g/mol. The van der Waals surface area contributed by atoms with Crippen molar-refractivity contribution in [2.24, 2.45) is 5.10 Å². The standard InChI is InChI=1S/C22H16FN3O4/c23-17-7-5-15(6-8-17)21(27)25-18-3-1-2-16(11-18)22(28)26-24-12-14-4-9-19-20(10-14)30-13-29-19/h1-12H,13H2,(H,25,27)(H,26,28)/b24-12+. The van der Waals surface area contributed by atoms with Gasteiger partial charge in [-0.25, -0.2) is 9.82 Å². The molecule has 0 aromatic heterocycles. The lowest BCUT2D eigenvalue weighted by Crippen LogP contribution is -2.18. The third-order valence-corrected chi connectivity index (χ3v) is 4.27. The molecule has 0 saturated carbocycles. The van der Waals surface area contributed by atoms with Gasteiger partial charge in [-0.1, -0.05) is 6.07 Å². The first kappa shape index (κ1) is 19.1. The minimum Gasteiger partial charge on any atom is -0.454 e. The molecule has 7 nitrogen and oxygen atoms in total. The molecule has 3 aromatic carbocycles. The molecule has 0 aliphatic carbocycles. The minimum absolute atomic E-state index is 0.181. The van der Waals surface area contributed by atoms with Crippen LogP contribution < -0.4 is 20.2 Å². The number of ether oxygens (including phenoxy) is 2. The van der Waals surface area contributed by atoms with Crippen LogP contribution in [-0.4, -0.2) is 24.8 Å². The fourth-order valence-corrected chi connectivity index (χ4v) is 2.77. The summed E-state index contributed by atoms with van der Waals surface area (Å²) in [7, 11) is 0. The van der Waals surface area contributed by atoms with E-state index in [-0.39, 0.29) is 6.79 Å². The van der Waals surface area contributed by atoms with Gasteiger partial charge in [-0.3, -0.25) is 9.59 Å². The Morgan fingerprint density at radius 2 is 1.70 bits per heavy atom. The second kappa shape index (κ2) is 8.44. The van der Waals surface area contributed by atoms with Crippen molar-refractivity contribution >= 4 is 23.7 Å². The maximum atomic E-state index is 13.0. The van der Waals surface area contributed by atoms with Gasteiger partial charge in [-0.05, 0) is 66.2 Å². The summed E-state index contributed by atoms with van der Waals surface area (Å²) >= 11 is 0. The smallest absolute Gasteiger partial charge is 0.271 e. The van der Waals surface area contributed by atoms with E-state index in [1.165, 1.54) is 36.5 Å². The summed E-state index contributed by atoms with van der Waals surface area (Å²) in [6.07, 6.45) is 1.49. The lowest BCUT2D eigenvalue weighted by Gasteiger charge is -2.07. The van der Waals surface area contributed by atoms with E-state index in [2.05, 4.69) is 15.8 Å². The minimum atomic E-state index is -0.440. The van der Waals surface area contributed by atoms with Crippen molar-refractivity contribution in [2.45, 2.75) is 0 Å². The lowest BCUT2D eigenvalue weighted by molar-refractivity contribution is 0.0953. The zero-order valence-electron chi connectivity index (χ0n) is 15.6. The third kappa shape index (κ3) is 4.44. The molecule has 0 bridgehead atoms. The molecule has 2 amide bonds. The Hall–Kier alpha value is -4.20. The molecule has 8 heteroatoms. The zero-order valence-corrected chi connectivity index (χ0v) is 15.6. The van der Waals surface area contributed by atoms with Crippen LogP contribution in [0, 0.1) is 5.82 Å². The van der Waals surface area contributed by atoms with Gasteiger partial charge >= 0.3 is 0 Å². The molecule has 3 aromatic rings. The van der Waals surface area contributed by atoms with Gasteiger partial charge < -0.3 is 14.8 Å². The summed E-state index contributed by atoms with van der Waals surface area (Å²) < 4.78 is 23.5. The van der Waals surface area contributed by atoms with E-state index in [0.717, 1.165) is 5.56 Å². The first-order chi connectivity index (χ1) is 14.6. The number of anilines is 1.